The highest BCUT2D eigenvalue weighted by Gasteiger charge is 2.52. The Balaban J connectivity index is 1.79. The number of hydrogen-bond donors (Lipinski definition) is 9. The van der Waals surface area contributed by atoms with Gasteiger partial charge < -0.3 is 69.6 Å². The summed E-state index contributed by atoms with van der Waals surface area (Å²) in [5, 5.41) is 89.5. The third-order valence-corrected chi connectivity index (χ3v) is 5.63. The molecule has 0 aromatic heterocycles. The van der Waals surface area contributed by atoms with Crippen molar-refractivity contribution in [1.82, 2.24) is 0 Å². The zero-order valence-corrected chi connectivity index (χ0v) is 16.8. The van der Waals surface area contributed by atoms with E-state index in [9.17, 15) is 45.6 Å². The molecule has 3 fully saturated rings. The molecule has 14 atom stereocenters. The number of carboxylic acids is 1. The lowest BCUT2D eigenvalue weighted by molar-refractivity contribution is -0.373. The summed E-state index contributed by atoms with van der Waals surface area (Å²) in [5.41, 5.74) is 0. The van der Waals surface area contributed by atoms with Gasteiger partial charge in [-0.3, -0.25) is 0 Å². The standard InChI is InChI=1S/C17H28O15/c1-3-5(19)7(21)8(22)16(29-3)32-13-6(20)4(18)2-28-17(13)31-11-9(23)12(14(25)26)30-15(27)10(11)24/h3-13,15-24,27H,2H2,1H3,(H,25,26)/t3-,4+,5-,6-,7+,8+,9+,10+,11-,12-,13+,15?,16-,17-/m0/s1. The van der Waals surface area contributed by atoms with Gasteiger partial charge >= 0.3 is 5.97 Å². The zero-order chi connectivity index (χ0) is 23.9. The molecule has 0 aromatic carbocycles. The Bertz CT molecular complexity index is 649. The SMILES string of the molecule is C[C@@H]1O[C@@H](O[C@H]2[C@H](O[C@H]3[C@@H](O)[C@@H](C(=O)O)OC(O)[C@@H]3O)OC[C@@H](O)[C@@H]2O)[C@H](O)[C@H](O)[C@H]1O. The van der Waals surface area contributed by atoms with Crippen LogP contribution in [0.1, 0.15) is 6.92 Å². The molecule has 1 unspecified atom stereocenters. The van der Waals surface area contributed by atoms with Gasteiger partial charge in [0.05, 0.1) is 12.7 Å². The lowest BCUT2D eigenvalue weighted by Gasteiger charge is -2.46. The van der Waals surface area contributed by atoms with Gasteiger partial charge in [-0.15, -0.1) is 0 Å². The third kappa shape index (κ3) is 4.90. The molecule has 15 heteroatoms. The molecule has 3 rings (SSSR count). The molecular weight excluding hydrogens is 444 g/mol. The molecule has 3 saturated heterocycles. The lowest BCUT2D eigenvalue weighted by Crippen LogP contribution is -2.65. The predicted octanol–water partition coefficient (Wildman–Crippen LogP) is -5.81. The van der Waals surface area contributed by atoms with Crippen LogP contribution in [0.3, 0.4) is 0 Å². The van der Waals surface area contributed by atoms with Crippen LogP contribution in [-0.4, -0.2) is 145 Å². The number of aliphatic hydroxyl groups is 8. The van der Waals surface area contributed by atoms with Crippen molar-refractivity contribution >= 4 is 5.97 Å². The minimum atomic E-state index is -2.04. The molecule has 3 heterocycles. The fourth-order valence-corrected chi connectivity index (χ4v) is 3.68. The minimum Gasteiger partial charge on any atom is -0.479 e. The molecule has 32 heavy (non-hydrogen) atoms. The number of ether oxygens (including phenoxy) is 5. The van der Waals surface area contributed by atoms with Gasteiger partial charge in [-0.2, -0.15) is 0 Å². The van der Waals surface area contributed by atoms with E-state index >= 15 is 0 Å². The van der Waals surface area contributed by atoms with Crippen molar-refractivity contribution in [2.75, 3.05) is 6.61 Å². The highest BCUT2D eigenvalue weighted by atomic mass is 16.8. The number of carbonyl (C=O) groups is 1. The van der Waals surface area contributed by atoms with Crippen LogP contribution in [0.2, 0.25) is 0 Å². The molecule has 15 nitrogen and oxygen atoms in total. The van der Waals surface area contributed by atoms with Crippen LogP contribution in [-0.2, 0) is 28.5 Å². The quantitative estimate of drug-likeness (QED) is 0.181. The van der Waals surface area contributed by atoms with Crippen molar-refractivity contribution in [3.05, 3.63) is 0 Å². The van der Waals surface area contributed by atoms with Crippen LogP contribution in [0.15, 0.2) is 0 Å². The molecule has 0 amide bonds. The summed E-state index contributed by atoms with van der Waals surface area (Å²) in [6.45, 7) is 0.896. The van der Waals surface area contributed by atoms with Gasteiger partial charge in [0.1, 0.15) is 54.9 Å². The Kier molecular flexibility index (Phi) is 8.04. The topological polar surface area (TPSA) is 245 Å². The first-order valence-electron chi connectivity index (χ1n) is 9.84. The molecule has 0 aromatic rings. The molecule has 3 aliphatic rings. The van der Waals surface area contributed by atoms with E-state index in [0.29, 0.717) is 0 Å². The third-order valence-electron chi connectivity index (χ3n) is 5.63. The van der Waals surface area contributed by atoms with E-state index in [2.05, 4.69) is 4.74 Å². The lowest BCUT2D eigenvalue weighted by atomic mass is 9.97. The first-order valence-corrected chi connectivity index (χ1v) is 9.84. The van der Waals surface area contributed by atoms with Crippen LogP contribution in [0, 0.1) is 0 Å². The van der Waals surface area contributed by atoms with E-state index in [4.69, 9.17) is 24.1 Å². The van der Waals surface area contributed by atoms with Crippen molar-refractivity contribution in [3.63, 3.8) is 0 Å². The molecular formula is C17H28O15. The number of rotatable bonds is 5. The Morgan fingerprint density at radius 3 is 2.00 bits per heavy atom. The van der Waals surface area contributed by atoms with Gasteiger partial charge in [0.25, 0.3) is 0 Å². The van der Waals surface area contributed by atoms with Gasteiger partial charge in [-0.25, -0.2) is 4.79 Å². The summed E-state index contributed by atoms with van der Waals surface area (Å²) >= 11 is 0. The summed E-state index contributed by atoms with van der Waals surface area (Å²) in [6.07, 6.45) is -23.7. The van der Waals surface area contributed by atoms with Crippen LogP contribution >= 0.6 is 0 Å². The number of carboxylic acid groups (broad SMARTS) is 1. The second kappa shape index (κ2) is 10.1. The number of hydrogen-bond acceptors (Lipinski definition) is 14. The Labute approximate surface area is 180 Å². The van der Waals surface area contributed by atoms with Crippen LogP contribution in [0.25, 0.3) is 0 Å². The van der Waals surface area contributed by atoms with Gasteiger partial charge in [0.2, 0.25) is 0 Å². The Hall–Kier alpha value is -1.05. The molecule has 0 saturated carbocycles. The predicted molar refractivity (Wildman–Crippen MR) is 94.4 cm³/mol. The monoisotopic (exact) mass is 472 g/mol. The molecule has 0 bridgehead atoms. The van der Waals surface area contributed by atoms with Crippen molar-refractivity contribution in [1.29, 1.82) is 0 Å². The number of aliphatic hydroxyl groups excluding tert-OH is 8. The average molecular weight is 472 g/mol. The highest BCUT2D eigenvalue weighted by molar-refractivity contribution is 5.73. The van der Waals surface area contributed by atoms with E-state index in [0.717, 1.165) is 0 Å². The number of aliphatic carboxylic acids is 1. The first-order chi connectivity index (χ1) is 14.9. The van der Waals surface area contributed by atoms with E-state index in [1.165, 1.54) is 6.92 Å². The largest absolute Gasteiger partial charge is 0.479 e. The van der Waals surface area contributed by atoms with Crippen LogP contribution in [0.5, 0.6) is 0 Å². The maximum Gasteiger partial charge on any atom is 0.335 e. The summed E-state index contributed by atoms with van der Waals surface area (Å²) in [5.74, 6) is -1.65. The highest BCUT2D eigenvalue weighted by Crippen LogP contribution is 2.30. The molecule has 0 aliphatic carbocycles. The molecule has 9 N–H and O–H groups in total. The van der Waals surface area contributed by atoms with Gasteiger partial charge in [0.15, 0.2) is 25.0 Å². The van der Waals surface area contributed by atoms with Crippen LogP contribution < -0.4 is 0 Å². The second-order valence-corrected chi connectivity index (χ2v) is 7.91. The van der Waals surface area contributed by atoms with E-state index in [1.807, 2.05) is 0 Å². The summed E-state index contributed by atoms with van der Waals surface area (Å²) in [6, 6.07) is 0. The normalized spacial score (nSPS) is 52.5. The maximum absolute atomic E-state index is 11.3. The minimum absolute atomic E-state index is 0.488. The molecule has 0 radical (unpaired) electrons. The fourth-order valence-electron chi connectivity index (χ4n) is 3.68. The average Bonchev–Trinajstić information content (AvgIpc) is 2.74. The van der Waals surface area contributed by atoms with Crippen molar-refractivity contribution < 1.29 is 74.4 Å². The first kappa shape index (κ1) is 25.6. The van der Waals surface area contributed by atoms with E-state index in [-0.39, 0.29) is 0 Å². The summed E-state index contributed by atoms with van der Waals surface area (Å²) in [7, 11) is 0. The molecule has 186 valence electrons. The van der Waals surface area contributed by atoms with Crippen molar-refractivity contribution in [2.24, 2.45) is 0 Å². The van der Waals surface area contributed by atoms with Crippen LogP contribution in [0.4, 0.5) is 0 Å². The van der Waals surface area contributed by atoms with Gasteiger partial charge in [-0.05, 0) is 6.92 Å². The fraction of sp³-hybridized carbons (Fsp3) is 0.941. The zero-order valence-electron chi connectivity index (χ0n) is 16.8. The molecule has 0 spiro atoms. The maximum atomic E-state index is 11.3. The summed E-state index contributed by atoms with van der Waals surface area (Å²) in [4.78, 5) is 11.3. The second-order valence-electron chi connectivity index (χ2n) is 7.91. The van der Waals surface area contributed by atoms with Crippen molar-refractivity contribution in [3.8, 4) is 0 Å². The molecule has 3 aliphatic heterocycles. The Morgan fingerprint density at radius 2 is 1.38 bits per heavy atom. The van der Waals surface area contributed by atoms with Gasteiger partial charge in [0, 0.05) is 0 Å². The van der Waals surface area contributed by atoms with E-state index < -0.39 is 98.6 Å². The summed E-state index contributed by atoms with van der Waals surface area (Å²) < 4.78 is 26.1. The van der Waals surface area contributed by atoms with E-state index in [1.54, 1.807) is 0 Å². The van der Waals surface area contributed by atoms with Crippen molar-refractivity contribution in [2.45, 2.75) is 92.9 Å². The Morgan fingerprint density at radius 1 is 0.750 bits per heavy atom. The smallest absolute Gasteiger partial charge is 0.335 e. The van der Waals surface area contributed by atoms with Gasteiger partial charge in [-0.1, -0.05) is 0 Å².